The zero-order chi connectivity index (χ0) is 18.2. The highest BCUT2D eigenvalue weighted by molar-refractivity contribution is 5.95. The third kappa shape index (κ3) is 4.79. The van der Waals surface area contributed by atoms with E-state index in [1.54, 1.807) is 56.7 Å². The fraction of sp³-hybridized carbons (Fsp3) is 0.316. The van der Waals surface area contributed by atoms with Crippen LogP contribution in [0.25, 0.3) is 0 Å². The van der Waals surface area contributed by atoms with Gasteiger partial charge in [0.2, 0.25) is 0 Å². The van der Waals surface area contributed by atoms with E-state index in [1.807, 2.05) is 6.92 Å². The summed E-state index contributed by atoms with van der Waals surface area (Å²) in [5, 5.41) is 2.84. The van der Waals surface area contributed by atoms with Crippen molar-refractivity contribution >= 4 is 11.6 Å². The topological polar surface area (TPSA) is 66.0 Å². The summed E-state index contributed by atoms with van der Waals surface area (Å²) < 4.78 is 21.3. The lowest BCUT2D eigenvalue weighted by atomic mass is 10.2. The second-order valence-electron chi connectivity index (χ2n) is 5.25. The monoisotopic (exact) mass is 345 g/mol. The van der Waals surface area contributed by atoms with Gasteiger partial charge in [-0.1, -0.05) is 6.92 Å². The average Bonchev–Trinajstić information content (AvgIpc) is 2.66. The summed E-state index contributed by atoms with van der Waals surface area (Å²) in [4.78, 5) is 12.5. The summed E-state index contributed by atoms with van der Waals surface area (Å²) in [6.07, 6.45) is -0.101. The number of amides is 1. The molecule has 0 aliphatic carbocycles. The van der Waals surface area contributed by atoms with E-state index in [-0.39, 0.29) is 5.91 Å². The van der Waals surface area contributed by atoms with E-state index in [0.717, 1.165) is 5.75 Å². The van der Waals surface area contributed by atoms with Gasteiger partial charge in [-0.05, 0) is 42.8 Å². The van der Waals surface area contributed by atoms with Gasteiger partial charge in [0.15, 0.2) is 6.10 Å². The van der Waals surface area contributed by atoms with Crippen molar-refractivity contribution in [1.29, 1.82) is 0 Å². The molecule has 0 aliphatic heterocycles. The Balaban J connectivity index is 2.08. The molecule has 0 bridgehead atoms. The van der Waals surface area contributed by atoms with E-state index >= 15 is 0 Å². The molecule has 1 atom stereocenters. The number of nitrogens with one attached hydrogen (secondary N) is 1. The lowest BCUT2D eigenvalue weighted by Crippen LogP contribution is -2.32. The second-order valence-corrected chi connectivity index (χ2v) is 5.25. The van der Waals surface area contributed by atoms with E-state index < -0.39 is 6.10 Å². The molecular weight excluding hydrogens is 322 g/mol. The number of benzene rings is 2. The maximum atomic E-state index is 12.5. The molecule has 0 radical (unpaired) electrons. The van der Waals surface area contributed by atoms with Crippen molar-refractivity contribution in [1.82, 2.24) is 0 Å². The van der Waals surface area contributed by atoms with Gasteiger partial charge in [0.1, 0.15) is 23.0 Å². The van der Waals surface area contributed by atoms with Crippen LogP contribution in [0.4, 0.5) is 5.69 Å². The predicted octanol–water partition coefficient (Wildman–Crippen LogP) is 3.51. The minimum absolute atomic E-state index is 0.248. The highest BCUT2D eigenvalue weighted by Gasteiger charge is 2.20. The Labute approximate surface area is 147 Å². The second kappa shape index (κ2) is 8.82. The lowest BCUT2D eigenvalue weighted by Gasteiger charge is -2.18. The standard InChI is InChI=1S/C19H23NO5/c1-5-17(25-14-8-6-13(22-2)7-9-14)19(21)20-16-11-10-15(23-3)12-18(16)24-4/h6-12,17H,5H2,1-4H3,(H,20,21). The Morgan fingerprint density at radius 3 is 2.08 bits per heavy atom. The van der Waals surface area contributed by atoms with Crippen LogP contribution in [0.2, 0.25) is 0 Å². The lowest BCUT2D eigenvalue weighted by molar-refractivity contribution is -0.122. The number of carbonyl (C=O) groups is 1. The van der Waals surface area contributed by atoms with Crippen molar-refractivity contribution < 1.29 is 23.7 Å². The predicted molar refractivity (Wildman–Crippen MR) is 95.9 cm³/mol. The van der Waals surface area contributed by atoms with Crippen LogP contribution in [-0.4, -0.2) is 33.3 Å². The van der Waals surface area contributed by atoms with Gasteiger partial charge in [-0.2, -0.15) is 0 Å². The van der Waals surface area contributed by atoms with Crippen LogP contribution in [0.1, 0.15) is 13.3 Å². The van der Waals surface area contributed by atoms with E-state index in [9.17, 15) is 4.79 Å². The maximum absolute atomic E-state index is 12.5. The molecule has 1 amide bonds. The van der Waals surface area contributed by atoms with Gasteiger partial charge in [0.25, 0.3) is 5.91 Å². The van der Waals surface area contributed by atoms with Crippen LogP contribution < -0.4 is 24.3 Å². The summed E-state index contributed by atoms with van der Waals surface area (Å²) in [5.74, 6) is 2.25. The highest BCUT2D eigenvalue weighted by atomic mass is 16.5. The molecule has 1 N–H and O–H groups in total. The molecule has 6 nitrogen and oxygen atoms in total. The molecule has 25 heavy (non-hydrogen) atoms. The van der Waals surface area contributed by atoms with Crippen molar-refractivity contribution in [3.05, 3.63) is 42.5 Å². The third-order valence-electron chi connectivity index (χ3n) is 3.67. The molecule has 1 unspecified atom stereocenters. The molecule has 0 spiro atoms. The average molecular weight is 345 g/mol. The normalized spacial score (nSPS) is 11.4. The summed E-state index contributed by atoms with van der Waals surface area (Å²) >= 11 is 0. The fourth-order valence-corrected chi connectivity index (χ4v) is 2.26. The van der Waals surface area contributed by atoms with E-state index in [0.29, 0.717) is 29.4 Å². The summed E-state index contributed by atoms with van der Waals surface area (Å²) in [7, 11) is 4.71. The Bertz CT molecular complexity index is 699. The fourth-order valence-electron chi connectivity index (χ4n) is 2.26. The molecule has 2 aromatic rings. The Kier molecular flexibility index (Phi) is 6.51. The first-order chi connectivity index (χ1) is 12.1. The van der Waals surface area contributed by atoms with Gasteiger partial charge in [-0.3, -0.25) is 4.79 Å². The molecule has 0 saturated carbocycles. The van der Waals surface area contributed by atoms with Crippen molar-refractivity contribution in [3.63, 3.8) is 0 Å². The number of rotatable bonds is 8. The van der Waals surface area contributed by atoms with E-state index in [4.69, 9.17) is 18.9 Å². The summed E-state index contributed by atoms with van der Waals surface area (Å²) in [5.41, 5.74) is 0.560. The molecule has 6 heteroatoms. The quantitative estimate of drug-likeness (QED) is 0.793. The largest absolute Gasteiger partial charge is 0.497 e. The SMILES string of the molecule is CCC(Oc1ccc(OC)cc1)C(=O)Nc1ccc(OC)cc1OC. The van der Waals surface area contributed by atoms with Crippen LogP contribution in [0.3, 0.4) is 0 Å². The number of hydrogen-bond acceptors (Lipinski definition) is 5. The van der Waals surface area contributed by atoms with Crippen LogP contribution in [0.5, 0.6) is 23.0 Å². The number of hydrogen-bond donors (Lipinski definition) is 1. The zero-order valence-electron chi connectivity index (χ0n) is 14.9. The number of anilines is 1. The summed E-state index contributed by atoms with van der Waals surface area (Å²) in [6, 6.07) is 12.3. The van der Waals surface area contributed by atoms with E-state index in [2.05, 4.69) is 5.32 Å². The van der Waals surface area contributed by atoms with Crippen molar-refractivity contribution in [3.8, 4) is 23.0 Å². The van der Waals surface area contributed by atoms with Gasteiger partial charge < -0.3 is 24.3 Å². The van der Waals surface area contributed by atoms with Crippen LogP contribution in [0.15, 0.2) is 42.5 Å². The molecule has 0 heterocycles. The van der Waals surface area contributed by atoms with Crippen LogP contribution in [-0.2, 0) is 4.79 Å². The van der Waals surface area contributed by atoms with Crippen molar-refractivity contribution in [2.75, 3.05) is 26.6 Å². The molecule has 134 valence electrons. The minimum atomic E-state index is -0.625. The first kappa shape index (κ1) is 18.4. The Morgan fingerprint density at radius 2 is 1.52 bits per heavy atom. The van der Waals surface area contributed by atoms with E-state index in [1.165, 1.54) is 7.11 Å². The Morgan fingerprint density at radius 1 is 0.920 bits per heavy atom. The van der Waals surface area contributed by atoms with Gasteiger partial charge in [0.05, 0.1) is 27.0 Å². The van der Waals surface area contributed by atoms with Crippen LogP contribution >= 0.6 is 0 Å². The van der Waals surface area contributed by atoms with Gasteiger partial charge in [-0.25, -0.2) is 0 Å². The van der Waals surface area contributed by atoms with Crippen molar-refractivity contribution in [2.24, 2.45) is 0 Å². The summed E-state index contributed by atoms with van der Waals surface area (Å²) in [6.45, 7) is 1.89. The molecule has 2 rings (SSSR count). The molecule has 0 saturated heterocycles. The Hall–Kier alpha value is -2.89. The van der Waals surface area contributed by atoms with Gasteiger partial charge in [-0.15, -0.1) is 0 Å². The smallest absolute Gasteiger partial charge is 0.265 e. The van der Waals surface area contributed by atoms with Crippen LogP contribution in [0, 0.1) is 0 Å². The zero-order valence-corrected chi connectivity index (χ0v) is 14.9. The van der Waals surface area contributed by atoms with Crippen molar-refractivity contribution in [2.45, 2.75) is 19.4 Å². The third-order valence-corrected chi connectivity index (χ3v) is 3.67. The molecular formula is C19H23NO5. The van der Waals surface area contributed by atoms with Gasteiger partial charge in [0, 0.05) is 6.07 Å². The highest BCUT2D eigenvalue weighted by Crippen LogP contribution is 2.29. The maximum Gasteiger partial charge on any atom is 0.265 e. The minimum Gasteiger partial charge on any atom is -0.497 e. The number of carbonyl (C=O) groups excluding carboxylic acids is 1. The molecule has 0 fully saturated rings. The molecule has 0 aliphatic rings. The first-order valence-corrected chi connectivity index (χ1v) is 7.94. The number of methoxy groups -OCH3 is 3. The molecule has 2 aromatic carbocycles. The number of ether oxygens (including phenoxy) is 4. The first-order valence-electron chi connectivity index (χ1n) is 7.94. The molecule has 0 aromatic heterocycles. The van der Waals surface area contributed by atoms with Gasteiger partial charge >= 0.3 is 0 Å².